The number of fused-ring (bicyclic) bond motifs is 6. The van der Waals surface area contributed by atoms with E-state index in [0.29, 0.717) is 38.0 Å². The predicted molar refractivity (Wildman–Crippen MR) is 259 cm³/mol. The van der Waals surface area contributed by atoms with Crippen molar-refractivity contribution in [3.8, 4) is 11.1 Å². The van der Waals surface area contributed by atoms with Gasteiger partial charge in [0.2, 0.25) is 11.8 Å². The molecule has 3 amide bonds. The number of carbonyl (C=O) groups is 3. The highest BCUT2D eigenvalue weighted by molar-refractivity contribution is 6.07. The van der Waals surface area contributed by atoms with E-state index in [-0.39, 0.29) is 42.2 Å². The molecule has 1 fully saturated rings. The second-order valence-electron chi connectivity index (χ2n) is 18.3. The Labute approximate surface area is 384 Å². The van der Waals surface area contributed by atoms with E-state index >= 15 is 0 Å². The van der Waals surface area contributed by atoms with Crippen LogP contribution < -0.4 is 11.1 Å². The number of nitrogens with two attached hydrogens (primary N) is 1. The third kappa shape index (κ3) is 9.05. The number of likely N-dealkylation sites (tertiary alicyclic amines) is 1. The van der Waals surface area contributed by atoms with Crippen LogP contribution in [0.3, 0.4) is 0 Å². The third-order valence-electron chi connectivity index (χ3n) is 13.2. The first kappa shape index (κ1) is 44.4. The van der Waals surface area contributed by atoms with Gasteiger partial charge in [0, 0.05) is 35.7 Å². The molecule has 1 aliphatic carbocycles. The minimum absolute atomic E-state index is 0.0183. The Morgan fingerprint density at radius 2 is 1.58 bits per heavy atom. The van der Waals surface area contributed by atoms with Crippen LogP contribution in [-0.2, 0) is 25.6 Å². The summed E-state index contributed by atoms with van der Waals surface area (Å²) in [6.45, 7) is 12.2. The number of imidazole rings is 2. The molecule has 7 aromatic rings. The standard InChI is InChI=1S/C53H58N8O5/c1-6-32(4)26-60(52(63)47(31(2)3)59-53(64)65-5)28-45-55-42-21-17-38-24-36(15-19-40(38)48(42)57-45)37-16-20-41-39(25-37)18-22-43-49(41)58-50(56-43)44-23-34(30-66-29-33-11-10-12-33)27-61(44)51(62)46(54)35-13-8-7-9-14-35/h6-11,13-22,24-25,31-34,44,46-47H,1,12,23,26-30,54H2,2-5H3,(H,55,57)(H,56,58)(H,59,64)/t32-,33?,34-,44-,46+,47-/m0/s1. The maximum absolute atomic E-state index is 14.1. The lowest BCUT2D eigenvalue weighted by molar-refractivity contribution is -0.135. The summed E-state index contributed by atoms with van der Waals surface area (Å²) in [5.74, 6) is 1.55. The van der Waals surface area contributed by atoms with Gasteiger partial charge in [-0.2, -0.15) is 0 Å². The zero-order valence-electron chi connectivity index (χ0n) is 38.0. The van der Waals surface area contributed by atoms with E-state index in [1.165, 1.54) is 7.11 Å². The van der Waals surface area contributed by atoms with E-state index in [9.17, 15) is 14.4 Å². The molecule has 6 atom stereocenters. The van der Waals surface area contributed by atoms with E-state index in [1.807, 2.05) is 74.2 Å². The largest absolute Gasteiger partial charge is 0.453 e. The number of nitrogens with zero attached hydrogens (tertiary/aromatic N) is 4. The van der Waals surface area contributed by atoms with Crippen molar-refractivity contribution in [3.63, 3.8) is 0 Å². The SMILES string of the molecule is C=C[C@H](C)CN(Cc1nc2ccc3cc(-c4ccc5c(ccc6nc([C@@H]7C[C@H](COCC8C=CC8)CN7C(=O)[C@H](N)c7ccccc7)[nH]c65)c4)ccc3c2[nH]1)C(=O)[C@@H](NC(=O)OC)C(C)C. The van der Waals surface area contributed by atoms with Crippen molar-refractivity contribution in [1.82, 2.24) is 35.1 Å². The van der Waals surface area contributed by atoms with Crippen molar-refractivity contribution in [2.75, 3.05) is 33.4 Å². The smallest absolute Gasteiger partial charge is 0.407 e. The number of nitrogens with one attached hydrogen (secondary N) is 3. The fourth-order valence-electron chi connectivity index (χ4n) is 9.38. The fraction of sp³-hybridized carbons (Fsp3) is 0.340. The molecule has 1 aliphatic heterocycles. The Hall–Kier alpha value is -6.83. The van der Waals surface area contributed by atoms with Crippen LogP contribution in [-0.4, -0.2) is 87.1 Å². The summed E-state index contributed by atoms with van der Waals surface area (Å²) in [5, 5.41) is 6.89. The molecule has 0 radical (unpaired) electrons. The number of allylic oxidation sites excluding steroid dienone is 1. The number of benzene rings is 5. The molecular formula is C53H58N8O5. The Bertz CT molecular complexity index is 2960. The number of rotatable bonds is 16. The quantitative estimate of drug-likeness (QED) is 0.0696. The number of hydrogen-bond donors (Lipinski definition) is 4. The minimum Gasteiger partial charge on any atom is -0.453 e. The fourth-order valence-corrected chi connectivity index (χ4v) is 9.38. The van der Waals surface area contributed by atoms with Crippen LogP contribution in [0.2, 0.25) is 0 Å². The van der Waals surface area contributed by atoms with E-state index in [2.05, 4.69) is 82.5 Å². The number of methoxy groups -OCH3 is 1. The summed E-state index contributed by atoms with van der Waals surface area (Å²) in [4.78, 5) is 61.0. The highest BCUT2D eigenvalue weighted by Gasteiger charge is 2.40. The molecule has 340 valence electrons. The van der Waals surface area contributed by atoms with Crippen molar-refractivity contribution in [2.45, 2.75) is 58.3 Å². The summed E-state index contributed by atoms with van der Waals surface area (Å²) in [5.41, 5.74) is 13.0. The van der Waals surface area contributed by atoms with Crippen LogP contribution >= 0.6 is 0 Å². The van der Waals surface area contributed by atoms with Gasteiger partial charge in [0.1, 0.15) is 23.7 Å². The first-order valence-electron chi connectivity index (χ1n) is 22.9. The molecule has 0 bridgehead atoms. The molecule has 5 aromatic carbocycles. The van der Waals surface area contributed by atoms with E-state index in [4.69, 9.17) is 25.2 Å². The van der Waals surface area contributed by atoms with Crippen molar-refractivity contribution in [2.24, 2.45) is 29.4 Å². The van der Waals surface area contributed by atoms with Gasteiger partial charge in [0.05, 0.1) is 55.0 Å². The molecule has 13 nitrogen and oxygen atoms in total. The molecule has 66 heavy (non-hydrogen) atoms. The average molecular weight is 887 g/mol. The van der Waals surface area contributed by atoms with Gasteiger partial charge in [-0.25, -0.2) is 14.8 Å². The van der Waals surface area contributed by atoms with Crippen LogP contribution in [0.4, 0.5) is 4.79 Å². The van der Waals surface area contributed by atoms with Crippen LogP contribution in [0.25, 0.3) is 54.7 Å². The maximum Gasteiger partial charge on any atom is 0.407 e. The van der Waals surface area contributed by atoms with Gasteiger partial charge in [-0.1, -0.05) is 106 Å². The predicted octanol–water partition coefficient (Wildman–Crippen LogP) is 9.13. The highest BCUT2D eigenvalue weighted by Crippen LogP contribution is 2.39. The lowest BCUT2D eigenvalue weighted by Crippen LogP contribution is -2.51. The summed E-state index contributed by atoms with van der Waals surface area (Å²) in [6.07, 6.45) is 7.30. The highest BCUT2D eigenvalue weighted by atomic mass is 16.5. The molecule has 2 aliphatic rings. The van der Waals surface area contributed by atoms with Gasteiger partial charge >= 0.3 is 6.09 Å². The molecule has 9 rings (SSSR count). The minimum atomic E-state index is -0.776. The third-order valence-corrected chi connectivity index (χ3v) is 13.2. The average Bonchev–Trinajstić information content (AvgIpc) is 4.07. The molecular weight excluding hydrogens is 829 g/mol. The number of aromatic nitrogens is 4. The van der Waals surface area contributed by atoms with Crippen molar-refractivity contribution in [1.29, 1.82) is 0 Å². The van der Waals surface area contributed by atoms with Crippen LogP contribution in [0.1, 0.15) is 62.9 Å². The molecule has 1 saturated heterocycles. The Kier molecular flexibility index (Phi) is 12.7. The maximum atomic E-state index is 14.1. The number of aromatic amines is 2. The Balaban J connectivity index is 0.966. The lowest BCUT2D eigenvalue weighted by atomic mass is 9.96. The second kappa shape index (κ2) is 18.9. The lowest BCUT2D eigenvalue weighted by Gasteiger charge is -2.30. The number of H-pyrrole nitrogens is 2. The zero-order valence-corrected chi connectivity index (χ0v) is 38.0. The van der Waals surface area contributed by atoms with E-state index in [0.717, 1.165) is 79.0 Å². The number of hydrogen-bond acceptors (Lipinski definition) is 8. The number of carbonyl (C=O) groups excluding carboxylic acids is 3. The number of amides is 3. The van der Waals surface area contributed by atoms with Gasteiger partial charge < -0.3 is 40.3 Å². The van der Waals surface area contributed by atoms with Gasteiger partial charge in [0.15, 0.2) is 0 Å². The van der Waals surface area contributed by atoms with Gasteiger partial charge in [0.25, 0.3) is 0 Å². The van der Waals surface area contributed by atoms with Crippen LogP contribution in [0.15, 0.2) is 116 Å². The normalized spacial score (nSPS) is 18.5. The monoisotopic (exact) mass is 886 g/mol. The second-order valence-corrected chi connectivity index (χ2v) is 18.3. The van der Waals surface area contributed by atoms with E-state index < -0.39 is 18.2 Å². The van der Waals surface area contributed by atoms with E-state index in [1.54, 1.807) is 4.90 Å². The topological polar surface area (TPSA) is 172 Å². The summed E-state index contributed by atoms with van der Waals surface area (Å²) in [6, 6.07) is 28.9. The molecule has 2 aromatic heterocycles. The van der Waals surface area contributed by atoms with Gasteiger partial charge in [-0.3, -0.25) is 9.59 Å². The Morgan fingerprint density at radius 1 is 0.909 bits per heavy atom. The molecule has 5 N–H and O–H groups in total. The first-order chi connectivity index (χ1) is 32.0. The number of alkyl carbamates (subject to hydrolysis) is 1. The zero-order chi connectivity index (χ0) is 46.1. The van der Waals surface area contributed by atoms with Crippen molar-refractivity contribution < 1.29 is 23.9 Å². The Morgan fingerprint density at radius 3 is 2.20 bits per heavy atom. The molecule has 1 unspecified atom stereocenters. The molecule has 3 heterocycles. The summed E-state index contributed by atoms with van der Waals surface area (Å²) in [7, 11) is 1.29. The van der Waals surface area contributed by atoms with Gasteiger partial charge in [-0.05, 0) is 76.4 Å². The van der Waals surface area contributed by atoms with Crippen molar-refractivity contribution >= 4 is 61.5 Å². The van der Waals surface area contributed by atoms with Crippen molar-refractivity contribution in [3.05, 3.63) is 133 Å². The summed E-state index contributed by atoms with van der Waals surface area (Å²) < 4.78 is 11.0. The number of ether oxygens (including phenoxy) is 2. The van der Waals surface area contributed by atoms with Crippen LogP contribution in [0.5, 0.6) is 0 Å². The molecule has 13 heteroatoms. The molecule has 0 spiro atoms. The summed E-state index contributed by atoms with van der Waals surface area (Å²) >= 11 is 0. The molecule has 0 saturated carbocycles. The van der Waals surface area contributed by atoms with Gasteiger partial charge in [-0.15, -0.1) is 6.58 Å². The first-order valence-corrected chi connectivity index (χ1v) is 22.9. The van der Waals surface area contributed by atoms with Crippen LogP contribution in [0, 0.1) is 23.7 Å².